The molecule has 130 valence electrons. The number of carbonyl (C=O) groups excluding carboxylic acids is 1. The number of rotatable bonds is 5. The van der Waals surface area contributed by atoms with Gasteiger partial charge >= 0.3 is 0 Å². The SMILES string of the molecule is Cc1nc2ccccc2n1CCNC(=O)c1ccc(S(C)(=O)=O)cc1. The molecule has 25 heavy (non-hydrogen) atoms. The molecule has 0 aliphatic carbocycles. The normalized spacial score (nSPS) is 11.6. The van der Waals surface area contributed by atoms with Gasteiger partial charge in [-0.15, -0.1) is 0 Å². The Morgan fingerprint density at radius 3 is 2.48 bits per heavy atom. The van der Waals surface area contributed by atoms with E-state index in [0.29, 0.717) is 18.7 Å². The first-order chi connectivity index (χ1) is 11.9. The smallest absolute Gasteiger partial charge is 0.251 e. The Bertz CT molecular complexity index is 1020. The molecule has 3 rings (SSSR count). The highest BCUT2D eigenvalue weighted by atomic mass is 32.2. The fourth-order valence-electron chi connectivity index (χ4n) is 2.72. The molecule has 0 atom stereocenters. The highest BCUT2D eigenvalue weighted by Crippen LogP contribution is 2.15. The first kappa shape index (κ1) is 17.2. The van der Waals surface area contributed by atoms with E-state index in [4.69, 9.17) is 0 Å². The number of hydrogen-bond acceptors (Lipinski definition) is 4. The molecule has 1 N–H and O–H groups in total. The maximum atomic E-state index is 12.2. The van der Waals surface area contributed by atoms with Crippen molar-refractivity contribution in [3.63, 3.8) is 0 Å². The fourth-order valence-corrected chi connectivity index (χ4v) is 3.35. The lowest BCUT2D eigenvalue weighted by Crippen LogP contribution is -2.27. The molecule has 6 nitrogen and oxygen atoms in total. The average molecular weight is 357 g/mol. The van der Waals surface area contributed by atoms with E-state index in [1.165, 1.54) is 24.3 Å². The summed E-state index contributed by atoms with van der Waals surface area (Å²) in [7, 11) is -3.26. The number of benzene rings is 2. The molecule has 0 saturated carbocycles. The van der Waals surface area contributed by atoms with Gasteiger partial charge in [-0.1, -0.05) is 12.1 Å². The molecule has 2 aromatic carbocycles. The molecular weight excluding hydrogens is 338 g/mol. The zero-order valence-electron chi connectivity index (χ0n) is 14.1. The second kappa shape index (κ2) is 6.68. The molecular formula is C18H19N3O3S. The molecule has 0 aliphatic heterocycles. The van der Waals surface area contributed by atoms with E-state index in [1.54, 1.807) is 0 Å². The van der Waals surface area contributed by atoms with Crippen LogP contribution in [0.3, 0.4) is 0 Å². The predicted octanol–water partition coefficient (Wildman–Crippen LogP) is 2.18. The molecule has 1 heterocycles. The number of fused-ring (bicyclic) bond motifs is 1. The average Bonchev–Trinajstić information content (AvgIpc) is 2.90. The number of nitrogens with zero attached hydrogens (tertiary/aromatic N) is 2. The van der Waals surface area contributed by atoms with Gasteiger partial charge in [0.1, 0.15) is 5.82 Å². The summed E-state index contributed by atoms with van der Waals surface area (Å²) in [5.74, 6) is 0.662. The topological polar surface area (TPSA) is 81.1 Å². The number of nitrogens with one attached hydrogen (secondary N) is 1. The Balaban J connectivity index is 1.65. The van der Waals surface area contributed by atoms with Crippen molar-refractivity contribution in [2.45, 2.75) is 18.4 Å². The van der Waals surface area contributed by atoms with E-state index in [-0.39, 0.29) is 10.8 Å². The predicted molar refractivity (Wildman–Crippen MR) is 96.4 cm³/mol. The number of sulfone groups is 1. The van der Waals surface area contributed by atoms with Gasteiger partial charge in [-0.3, -0.25) is 4.79 Å². The van der Waals surface area contributed by atoms with Crippen LogP contribution in [0.2, 0.25) is 0 Å². The second-order valence-electron chi connectivity index (χ2n) is 5.85. The van der Waals surface area contributed by atoms with Crippen molar-refractivity contribution in [1.82, 2.24) is 14.9 Å². The largest absolute Gasteiger partial charge is 0.350 e. The molecule has 1 amide bonds. The Hall–Kier alpha value is -2.67. The van der Waals surface area contributed by atoms with Crippen LogP contribution in [0.1, 0.15) is 16.2 Å². The van der Waals surface area contributed by atoms with Crippen LogP contribution >= 0.6 is 0 Å². The van der Waals surface area contributed by atoms with Crippen molar-refractivity contribution >= 4 is 26.8 Å². The van der Waals surface area contributed by atoms with E-state index in [1.807, 2.05) is 31.2 Å². The third-order valence-corrected chi connectivity index (χ3v) is 5.14. The third kappa shape index (κ3) is 3.71. The molecule has 1 aromatic heterocycles. The van der Waals surface area contributed by atoms with Crippen LogP contribution in [0.15, 0.2) is 53.4 Å². The van der Waals surface area contributed by atoms with E-state index in [0.717, 1.165) is 23.1 Å². The lowest BCUT2D eigenvalue weighted by molar-refractivity contribution is 0.0952. The number of imidazole rings is 1. The Morgan fingerprint density at radius 2 is 1.80 bits per heavy atom. The molecule has 0 unspecified atom stereocenters. The molecule has 0 aliphatic rings. The molecule has 0 saturated heterocycles. The zero-order valence-corrected chi connectivity index (χ0v) is 14.9. The Kier molecular flexibility index (Phi) is 4.59. The summed E-state index contributed by atoms with van der Waals surface area (Å²) in [4.78, 5) is 16.9. The van der Waals surface area contributed by atoms with Crippen molar-refractivity contribution in [3.8, 4) is 0 Å². The number of carbonyl (C=O) groups is 1. The van der Waals surface area contributed by atoms with Gasteiger partial charge in [0.05, 0.1) is 15.9 Å². The summed E-state index contributed by atoms with van der Waals surface area (Å²) in [5, 5.41) is 2.85. The lowest BCUT2D eigenvalue weighted by atomic mass is 10.2. The number of para-hydroxylation sites is 2. The summed E-state index contributed by atoms with van der Waals surface area (Å²) >= 11 is 0. The molecule has 3 aromatic rings. The van der Waals surface area contributed by atoms with Crippen molar-refractivity contribution < 1.29 is 13.2 Å². The molecule has 0 radical (unpaired) electrons. The lowest BCUT2D eigenvalue weighted by Gasteiger charge is -2.09. The van der Waals surface area contributed by atoms with Gasteiger partial charge in [0.25, 0.3) is 5.91 Å². The highest BCUT2D eigenvalue weighted by molar-refractivity contribution is 7.90. The number of aryl methyl sites for hydroxylation is 1. The molecule has 0 bridgehead atoms. The number of hydrogen-bond donors (Lipinski definition) is 1. The van der Waals surface area contributed by atoms with Crippen molar-refractivity contribution in [2.75, 3.05) is 12.8 Å². The van der Waals surface area contributed by atoms with Crippen LogP contribution in [0.25, 0.3) is 11.0 Å². The van der Waals surface area contributed by atoms with E-state index < -0.39 is 9.84 Å². The third-order valence-electron chi connectivity index (χ3n) is 4.01. The van der Waals surface area contributed by atoms with Gasteiger partial charge in [-0.25, -0.2) is 13.4 Å². The van der Waals surface area contributed by atoms with Crippen molar-refractivity contribution in [1.29, 1.82) is 0 Å². The summed E-state index contributed by atoms with van der Waals surface area (Å²) in [6.07, 6.45) is 1.14. The van der Waals surface area contributed by atoms with Gasteiger partial charge in [-0.05, 0) is 43.3 Å². The Morgan fingerprint density at radius 1 is 1.12 bits per heavy atom. The monoisotopic (exact) mass is 357 g/mol. The number of aromatic nitrogens is 2. The van der Waals surface area contributed by atoms with Crippen LogP contribution in [0.4, 0.5) is 0 Å². The summed E-state index contributed by atoms with van der Waals surface area (Å²) in [5.41, 5.74) is 2.40. The maximum Gasteiger partial charge on any atom is 0.251 e. The van der Waals surface area contributed by atoms with Crippen LogP contribution < -0.4 is 5.32 Å². The molecule has 0 spiro atoms. The van der Waals surface area contributed by atoms with E-state index in [9.17, 15) is 13.2 Å². The van der Waals surface area contributed by atoms with Gasteiger partial charge in [0, 0.05) is 24.9 Å². The van der Waals surface area contributed by atoms with Crippen LogP contribution in [-0.2, 0) is 16.4 Å². The zero-order chi connectivity index (χ0) is 18.0. The van der Waals surface area contributed by atoms with Gasteiger partial charge in [-0.2, -0.15) is 0 Å². The van der Waals surface area contributed by atoms with Gasteiger partial charge < -0.3 is 9.88 Å². The van der Waals surface area contributed by atoms with Gasteiger partial charge in [0.2, 0.25) is 0 Å². The van der Waals surface area contributed by atoms with Crippen molar-refractivity contribution in [3.05, 3.63) is 59.9 Å². The minimum Gasteiger partial charge on any atom is -0.350 e. The molecule has 0 fully saturated rings. The first-order valence-electron chi connectivity index (χ1n) is 7.86. The van der Waals surface area contributed by atoms with E-state index in [2.05, 4.69) is 14.9 Å². The standard InChI is InChI=1S/C18H19N3O3S/c1-13-20-16-5-3-4-6-17(16)21(13)12-11-19-18(22)14-7-9-15(10-8-14)25(2,23)24/h3-10H,11-12H2,1-2H3,(H,19,22). The summed E-state index contributed by atoms with van der Waals surface area (Å²) in [6.45, 7) is 3.00. The second-order valence-corrected chi connectivity index (χ2v) is 7.87. The minimum atomic E-state index is -3.26. The van der Waals surface area contributed by atoms with Crippen LogP contribution in [0.5, 0.6) is 0 Å². The Labute approximate surface area is 146 Å². The van der Waals surface area contributed by atoms with Crippen molar-refractivity contribution in [2.24, 2.45) is 0 Å². The maximum absolute atomic E-state index is 12.2. The molecule has 7 heteroatoms. The number of amides is 1. The summed E-state index contributed by atoms with van der Waals surface area (Å²) < 4.78 is 25.0. The highest BCUT2D eigenvalue weighted by Gasteiger charge is 2.10. The van der Waals surface area contributed by atoms with Crippen LogP contribution in [0, 0.1) is 6.92 Å². The van der Waals surface area contributed by atoms with Crippen LogP contribution in [-0.4, -0.2) is 36.7 Å². The quantitative estimate of drug-likeness (QED) is 0.759. The summed E-state index contributed by atoms with van der Waals surface area (Å²) in [6, 6.07) is 13.8. The minimum absolute atomic E-state index is 0.199. The first-order valence-corrected chi connectivity index (χ1v) is 9.75. The van der Waals surface area contributed by atoms with Gasteiger partial charge in [0.15, 0.2) is 9.84 Å². The van der Waals surface area contributed by atoms with E-state index >= 15 is 0 Å². The fraction of sp³-hybridized carbons (Fsp3) is 0.222.